The molecule has 0 atom stereocenters. The molecule has 0 spiro atoms. The summed E-state index contributed by atoms with van der Waals surface area (Å²) in [5.74, 6) is -0.242. The predicted molar refractivity (Wildman–Crippen MR) is 119 cm³/mol. The van der Waals surface area contributed by atoms with Crippen molar-refractivity contribution in [3.8, 4) is 0 Å². The van der Waals surface area contributed by atoms with Gasteiger partial charge in [-0.2, -0.15) is 0 Å². The van der Waals surface area contributed by atoms with Crippen molar-refractivity contribution in [3.05, 3.63) is 81.3 Å². The zero-order chi connectivity index (χ0) is 21.1. The number of anilines is 1. The highest BCUT2D eigenvalue weighted by Crippen LogP contribution is 2.32. The van der Waals surface area contributed by atoms with E-state index in [-0.39, 0.29) is 11.6 Å². The Morgan fingerprint density at radius 1 is 1.23 bits per heavy atom. The minimum absolute atomic E-state index is 0.0527. The summed E-state index contributed by atoms with van der Waals surface area (Å²) in [6.07, 6.45) is 6.02. The average Bonchev–Trinajstić information content (AvgIpc) is 3.40. The third-order valence-electron chi connectivity index (χ3n) is 4.50. The number of amides is 1. The van der Waals surface area contributed by atoms with Crippen LogP contribution in [0.3, 0.4) is 0 Å². The summed E-state index contributed by atoms with van der Waals surface area (Å²) in [6, 6.07) is 11.4. The standard InChI is InChI=1S/C20H16BrN5O3S/c21-15-4-7-17-18(12-15)30-20(23-17)25(10-1-9-24-11-8-22-13-24)19(27)14-2-5-16(6-3-14)26(28)29/h2-8,11-13H,1,9-10H2. The molecule has 30 heavy (non-hydrogen) atoms. The number of carbonyl (C=O) groups excluding carboxylic acids is 1. The minimum atomic E-state index is -0.484. The number of hydrogen-bond donors (Lipinski definition) is 0. The number of aryl methyl sites for hydroxylation is 1. The van der Waals surface area contributed by atoms with Gasteiger partial charge >= 0.3 is 0 Å². The van der Waals surface area contributed by atoms with E-state index < -0.39 is 4.92 Å². The Labute approximate surface area is 184 Å². The summed E-state index contributed by atoms with van der Waals surface area (Å²) < 4.78 is 3.86. The molecule has 4 aromatic rings. The molecule has 0 radical (unpaired) electrons. The van der Waals surface area contributed by atoms with E-state index in [2.05, 4.69) is 25.9 Å². The first-order valence-electron chi connectivity index (χ1n) is 9.09. The Kier molecular flexibility index (Phi) is 5.86. The number of imidazole rings is 1. The Morgan fingerprint density at radius 3 is 2.73 bits per heavy atom. The van der Waals surface area contributed by atoms with Gasteiger partial charge in [-0.3, -0.25) is 19.8 Å². The van der Waals surface area contributed by atoms with Gasteiger partial charge in [0.2, 0.25) is 0 Å². The van der Waals surface area contributed by atoms with Crippen LogP contribution in [0.4, 0.5) is 10.8 Å². The third-order valence-corrected chi connectivity index (χ3v) is 6.03. The van der Waals surface area contributed by atoms with Crippen molar-refractivity contribution in [2.75, 3.05) is 11.4 Å². The van der Waals surface area contributed by atoms with E-state index in [9.17, 15) is 14.9 Å². The molecule has 10 heteroatoms. The van der Waals surface area contributed by atoms with Gasteiger partial charge in [-0.05, 0) is 36.8 Å². The molecule has 0 saturated heterocycles. The molecule has 0 aliphatic carbocycles. The molecule has 152 valence electrons. The number of aromatic nitrogens is 3. The van der Waals surface area contributed by atoms with Crippen LogP contribution in [-0.4, -0.2) is 31.9 Å². The highest BCUT2D eigenvalue weighted by Gasteiger charge is 2.22. The molecular formula is C20H16BrN5O3S. The van der Waals surface area contributed by atoms with Gasteiger partial charge in [0.25, 0.3) is 11.6 Å². The van der Waals surface area contributed by atoms with Crippen molar-refractivity contribution in [2.24, 2.45) is 0 Å². The van der Waals surface area contributed by atoms with Crippen molar-refractivity contribution in [2.45, 2.75) is 13.0 Å². The highest BCUT2D eigenvalue weighted by molar-refractivity contribution is 9.10. The zero-order valence-corrected chi connectivity index (χ0v) is 18.0. The van der Waals surface area contributed by atoms with Gasteiger partial charge in [0, 0.05) is 47.7 Å². The summed E-state index contributed by atoms with van der Waals surface area (Å²) in [5, 5.41) is 11.5. The van der Waals surface area contributed by atoms with E-state index in [1.54, 1.807) is 17.4 Å². The summed E-state index contributed by atoms with van der Waals surface area (Å²) in [5.41, 5.74) is 1.14. The summed E-state index contributed by atoms with van der Waals surface area (Å²) in [6.45, 7) is 1.16. The number of nitro groups is 1. The summed E-state index contributed by atoms with van der Waals surface area (Å²) in [4.78, 5) is 34.0. The lowest BCUT2D eigenvalue weighted by atomic mass is 10.2. The molecular weight excluding hydrogens is 470 g/mol. The second kappa shape index (κ2) is 8.72. The average molecular weight is 486 g/mol. The fraction of sp³-hybridized carbons (Fsp3) is 0.150. The van der Waals surface area contributed by atoms with Crippen LogP contribution in [0.15, 0.2) is 65.7 Å². The molecule has 0 bridgehead atoms. The number of fused-ring (bicyclic) bond motifs is 1. The Balaban J connectivity index is 1.62. The minimum Gasteiger partial charge on any atom is -0.337 e. The van der Waals surface area contributed by atoms with Gasteiger partial charge in [-0.25, -0.2) is 9.97 Å². The number of nitrogens with zero attached hydrogens (tertiary/aromatic N) is 5. The quantitative estimate of drug-likeness (QED) is 0.274. The van der Waals surface area contributed by atoms with Crippen LogP contribution in [-0.2, 0) is 6.54 Å². The van der Waals surface area contributed by atoms with E-state index in [0.717, 1.165) is 14.7 Å². The van der Waals surface area contributed by atoms with Gasteiger partial charge in [-0.15, -0.1) is 0 Å². The molecule has 2 heterocycles. The second-order valence-electron chi connectivity index (χ2n) is 6.52. The number of rotatable bonds is 7. The number of non-ortho nitro benzene ring substituents is 1. The van der Waals surface area contributed by atoms with Gasteiger partial charge < -0.3 is 4.57 Å². The lowest BCUT2D eigenvalue weighted by Crippen LogP contribution is -2.32. The van der Waals surface area contributed by atoms with Crippen LogP contribution in [0, 0.1) is 10.1 Å². The van der Waals surface area contributed by atoms with Gasteiger partial charge in [0.15, 0.2) is 5.13 Å². The normalized spacial score (nSPS) is 11.0. The molecule has 0 unspecified atom stereocenters. The molecule has 0 aliphatic heterocycles. The van der Waals surface area contributed by atoms with Crippen LogP contribution in [0.25, 0.3) is 10.2 Å². The molecule has 0 saturated carbocycles. The maximum atomic E-state index is 13.3. The largest absolute Gasteiger partial charge is 0.337 e. The number of carbonyl (C=O) groups is 1. The smallest absolute Gasteiger partial charge is 0.269 e. The fourth-order valence-electron chi connectivity index (χ4n) is 3.00. The number of benzene rings is 2. The van der Waals surface area contributed by atoms with Crippen molar-refractivity contribution < 1.29 is 9.72 Å². The number of nitro benzene ring substituents is 1. The summed E-state index contributed by atoms with van der Waals surface area (Å²) in [7, 11) is 0. The second-order valence-corrected chi connectivity index (χ2v) is 8.45. The van der Waals surface area contributed by atoms with E-state index >= 15 is 0 Å². The molecule has 0 aliphatic rings. The van der Waals surface area contributed by atoms with Crippen LogP contribution in [0.5, 0.6) is 0 Å². The van der Waals surface area contributed by atoms with E-state index in [0.29, 0.717) is 30.2 Å². The van der Waals surface area contributed by atoms with Crippen LogP contribution >= 0.6 is 27.3 Å². The topological polar surface area (TPSA) is 94.2 Å². The van der Waals surface area contributed by atoms with Crippen LogP contribution in [0.2, 0.25) is 0 Å². The lowest BCUT2D eigenvalue weighted by molar-refractivity contribution is -0.384. The Morgan fingerprint density at radius 2 is 2.03 bits per heavy atom. The molecule has 0 fully saturated rings. The third kappa shape index (κ3) is 4.39. The van der Waals surface area contributed by atoms with Gasteiger partial charge in [0.05, 0.1) is 21.5 Å². The first-order chi connectivity index (χ1) is 14.5. The maximum absolute atomic E-state index is 13.3. The van der Waals surface area contributed by atoms with Crippen molar-refractivity contribution >= 4 is 54.2 Å². The molecule has 8 nitrogen and oxygen atoms in total. The predicted octanol–water partition coefficient (Wildman–Crippen LogP) is 4.90. The van der Waals surface area contributed by atoms with Crippen molar-refractivity contribution in [1.82, 2.24) is 14.5 Å². The Hall–Kier alpha value is -3.11. The first kappa shape index (κ1) is 20.2. The van der Waals surface area contributed by atoms with E-state index in [1.807, 2.05) is 29.0 Å². The summed E-state index contributed by atoms with van der Waals surface area (Å²) >= 11 is 4.90. The molecule has 2 aromatic heterocycles. The number of halogens is 1. The van der Waals surface area contributed by atoms with Crippen LogP contribution in [0.1, 0.15) is 16.8 Å². The van der Waals surface area contributed by atoms with Gasteiger partial charge in [0.1, 0.15) is 0 Å². The van der Waals surface area contributed by atoms with E-state index in [1.165, 1.54) is 35.6 Å². The lowest BCUT2D eigenvalue weighted by Gasteiger charge is -2.20. The first-order valence-corrected chi connectivity index (χ1v) is 10.7. The highest BCUT2D eigenvalue weighted by atomic mass is 79.9. The zero-order valence-electron chi connectivity index (χ0n) is 15.6. The maximum Gasteiger partial charge on any atom is 0.269 e. The van der Waals surface area contributed by atoms with Gasteiger partial charge in [-0.1, -0.05) is 27.3 Å². The van der Waals surface area contributed by atoms with E-state index in [4.69, 9.17) is 0 Å². The van der Waals surface area contributed by atoms with Crippen LogP contribution < -0.4 is 4.90 Å². The number of hydrogen-bond acceptors (Lipinski definition) is 6. The van der Waals surface area contributed by atoms with Crippen molar-refractivity contribution in [3.63, 3.8) is 0 Å². The molecule has 0 N–H and O–H groups in total. The molecule has 2 aromatic carbocycles. The monoisotopic (exact) mass is 485 g/mol. The SMILES string of the molecule is O=C(c1ccc([N+](=O)[O-])cc1)N(CCCn1ccnc1)c1nc2ccc(Br)cc2s1. The van der Waals surface area contributed by atoms with Crippen molar-refractivity contribution in [1.29, 1.82) is 0 Å². The Bertz CT molecular complexity index is 1190. The molecule has 1 amide bonds. The number of thiazole rings is 1. The molecule has 4 rings (SSSR count). The fourth-order valence-corrected chi connectivity index (χ4v) is 4.54.